The maximum atomic E-state index is 12.6. The van der Waals surface area contributed by atoms with Crippen LogP contribution in [0.15, 0.2) is 30.3 Å². The average molecular weight is 261 g/mol. The highest BCUT2D eigenvalue weighted by molar-refractivity contribution is 6.00. The number of benzene rings is 1. The van der Waals surface area contributed by atoms with Crippen LogP contribution in [-0.4, -0.2) is 29.8 Å². The molecule has 0 unspecified atom stereocenters. The minimum absolute atomic E-state index is 0.119. The predicted molar refractivity (Wildman–Crippen MR) is 81.6 cm³/mol. The summed E-state index contributed by atoms with van der Waals surface area (Å²) in [6.45, 7) is 11.4. The van der Waals surface area contributed by atoms with E-state index in [0.29, 0.717) is 0 Å². The van der Waals surface area contributed by atoms with Gasteiger partial charge in [0.2, 0.25) is 0 Å². The lowest BCUT2D eigenvalue weighted by atomic mass is 9.82. The molecule has 1 rings (SSSR count). The molecule has 0 saturated heterocycles. The van der Waals surface area contributed by atoms with E-state index in [0.717, 1.165) is 18.5 Å². The molecule has 0 aliphatic heterocycles. The first kappa shape index (κ1) is 15.9. The number of carbonyl (C=O) groups is 1. The van der Waals surface area contributed by atoms with Gasteiger partial charge in [0.15, 0.2) is 5.78 Å². The van der Waals surface area contributed by atoms with Crippen LogP contribution in [0, 0.1) is 5.41 Å². The summed E-state index contributed by atoms with van der Waals surface area (Å²) in [7, 11) is 2.10. The molecule has 0 bridgehead atoms. The Morgan fingerprint density at radius 3 is 2.11 bits per heavy atom. The quantitative estimate of drug-likeness (QED) is 0.721. The van der Waals surface area contributed by atoms with Gasteiger partial charge in [-0.1, -0.05) is 51.1 Å². The molecular weight excluding hydrogens is 234 g/mol. The van der Waals surface area contributed by atoms with E-state index in [9.17, 15) is 4.79 Å². The van der Waals surface area contributed by atoms with E-state index in [1.807, 2.05) is 44.2 Å². The number of rotatable bonds is 6. The predicted octanol–water partition coefficient (Wildman–Crippen LogP) is 4.02. The van der Waals surface area contributed by atoms with Gasteiger partial charge >= 0.3 is 0 Å². The molecule has 0 radical (unpaired) electrons. The van der Waals surface area contributed by atoms with Gasteiger partial charge in [-0.05, 0) is 27.3 Å². The summed E-state index contributed by atoms with van der Waals surface area (Å²) >= 11 is 0. The zero-order valence-electron chi connectivity index (χ0n) is 13.2. The van der Waals surface area contributed by atoms with Crippen LogP contribution in [0.1, 0.15) is 51.4 Å². The van der Waals surface area contributed by atoms with E-state index in [2.05, 4.69) is 32.7 Å². The van der Waals surface area contributed by atoms with Crippen molar-refractivity contribution >= 4 is 5.78 Å². The number of carbonyl (C=O) groups excluding carboxylic acids is 1. The normalized spacial score (nSPS) is 12.8. The molecule has 0 saturated carbocycles. The standard InChI is InChI=1S/C17H27NO/c1-7-17(4,5)18(6)13-16(2,3)15(19)14-11-9-8-10-12-14/h8-12H,7,13H2,1-6H3. The van der Waals surface area contributed by atoms with Gasteiger partial charge in [0.1, 0.15) is 0 Å². The van der Waals surface area contributed by atoms with E-state index < -0.39 is 0 Å². The van der Waals surface area contributed by atoms with Crippen molar-refractivity contribution in [2.45, 2.75) is 46.6 Å². The molecule has 0 spiro atoms. The number of nitrogens with zero attached hydrogens (tertiary/aromatic N) is 1. The lowest BCUT2D eigenvalue weighted by Gasteiger charge is -2.39. The van der Waals surface area contributed by atoms with Crippen molar-refractivity contribution in [3.8, 4) is 0 Å². The Morgan fingerprint density at radius 2 is 1.63 bits per heavy atom. The Labute approximate surface area is 117 Å². The van der Waals surface area contributed by atoms with Crippen molar-refractivity contribution in [1.29, 1.82) is 0 Å². The molecule has 2 heteroatoms. The van der Waals surface area contributed by atoms with Crippen molar-refractivity contribution in [2.75, 3.05) is 13.6 Å². The highest BCUT2D eigenvalue weighted by Gasteiger charge is 2.33. The topological polar surface area (TPSA) is 20.3 Å². The van der Waals surface area contributed by atoms with E-state index in [4.69, 9.17) is 0 Å². The maximum absolute atomic E-state index is 12.6. The number of ketones is 1. The first-order chi connectivity index (χ1) is 8.70. The van der Waals surface area contributed by atoms with Crippen LogP contribution in [0.5, 0.6) is 0 Å². The first-order valence-electron chi connectivity index (χ1n) is 7.02. The minimum Gasteiger partial charge on any atom is -0.300 e. The van der Waals surface area contributed by atoms with Crippen LogP contribution in [0.25, 0.3) is 0 Å². The molecule has 0 aromatic heterocycles. The first-order valence-corrected chi connectivity index (χ1v) is 7.02. The summed E-state index contributed by atoms with van der Waals surface area (Å²) in [5.74, 6) is 0.215. The molecule has 1 aromatic rings. The van der Waals surface area contributed by atoms with Crippen LogP contribution in [-0.2, 0) is 0 Å². The van der Waals surface area contributed by atoms with Crippen LogP contribution < -0.4 is 0 Å². The molecule has 0 fully saturated rings. The number of hydrogen-bond donors (Lipinski definition) is 0. The van der Waals surface area contributed by atoms with Gasteiger partial charge in [-0.3, -0.25) is 4.79 Å². The van der Waals surface area contributed by atoms with E-state index >= 15 is 0 Å². The summed E-state index contributed by atoms with van der Waals surface area (Å²) in [4.78, 5) is 14.9. The average Bonchev–Trinajstić information content (AvgIpc) is 2.38. The Morgan fingerprint density at radius 1 is 1.11 bits per heavy atom. The summed E-state index contributed by atoms with van der Waals surface area (Å²) < 4.78 is 0. The summed E-state index contributed by atoms with van der Waals surface area (Å²) in [5.41, 5.74) is 0.548. The summed E-state index contributed by atoms with van der Waals surface area (Å²) in [5, 5.41) is 0. The van der Waals surface area contributed by atoms with E-state index in [-0.39, 0.29) is 16.7 Å². The van der Waals surface area contributed by atoms with E-state index in [1.165, 1.54) is 0 Å². The SMILES string of the molecule is CCC(C)(C)N(C)CC(C)(C)C(=O)c1ccccc1. The molecule has 106 valence electrons. The van der Waals surface area contributed by atoms with Crippen molar-refractivity contribution in [3.63, 3.8) is 0 Å². The van der Waals surface area contributed by atoms with Gasteiger partial charge in [-0.15, -0.1) is 0 Å². The van der Waals surface area contributed by atoms with Gasteiger partial charge in [0.05, 0.1) is 0 Å². The molecule has 0 N–H and O–H groups in total. The van der Waals surface area contributed by atoms with Crippen LogP contribution in [0.2, 0.25) is 0 Å². The molecule has 2 nitrogen and oxygen atoms in total. The Balaban J connectivity index is 2.84. The molecular formula is C17H27NO. The van der Waals surface area contributed by atoms with Crippen molar-refractivity contribution in [3.05, 3.63) is 35.9 Å². The van der Waals surface area contributed by atoms with Gasteiger partial charge in [0, 0.05) is 23.1 Å². The highest BCUT2D eigenvalue weighted by atomic mass is 16.1. The zero-order chi connectivity index (χ0) is 14.7. The molecule has 0 aliphatic rings. The molecule has 0 amide bonds. The second-order valence-corrected chi connectivity index (χ2v) is 6.60. The smallest absolute Gasteiger partial charge is 0.169 e. The monoisotopic (exact) mass is 261 g/mol. The fraction of sp³-hybridized carbons (Fsp3) is 0.588. The Hall–Kier alpha value is -1.15. The second-order valence-electron chi connectivity index (χ2n) is 6.60. The molecule has 0 aliphatic carbocycles. The van der Waals surface area contributed by atoms with E-state index in [1.54, 1.807) is 0 Å². The van der Waals surface area contributed by atoms with Crippen LogP contribution in [0.3, 0.4) is 0 Å². The van der Waals surface area contributed by atoms with Gasteiger partial charge in [-0.25, -0.2) is 0 Å². The molecule has 0 heterocycles. The fourth-order valence-electron chi connectivity index (χ4n) is 2.13. The van der Waals surface area contributed by atoms with Gasteiger partial charge in [-0.2, -0.15) is 0 Å². The fourth-order valence-corrected chi connectivity index (χ4v) is 2.13. The molecule has 0 atom stereocenters. The minimum atomic E-state index is -0.372. The third-order valence-corrected chi connectivity index (χ3v) is 4.18. The second kappa shape index (κ2) is 5.87. The zero-order valence-corrected chi connectivity index (χ0v) is 13.2. The Kier molecular flexibility index (Phi) is 4.92. The van der Waals surface area contributed by atoms with Crippen LogP contribution >= 0.6 is 0 Å². The third-order valence-electron chi connectivity index (χ3n) is 4.18. The van der Waals surface area contributed by atoms with Gasteiger partial charge < -0.3 is 4.90 Å². The highest BCUT2D eigenvalue weighted by Crippen LogP contribution is 2.27. The maximum Gasteiger partial charge on any atom is 0.169 e. The van der Waals surface area contributed by atoms with Crippen molar-refractivity contribution in [1.82, 2.24) is 4.90 Å². The number of hydrogen-bond acceptors (Lipinski definition) is 2. The lowest BCUT2D eigenvalue weighted by Crippen LogP contribution is -2.47. The molecule has 19 heavy (non-hydrogen) atoms. The van der Waals surface area contributed by atoms with Crippen LogP contribution in [0.4, 0.5) is 0 Å². The number of Topliss-reactive ketones (excluding diaryl/α,β-unsaturated/α-hetero) is 1. The summed E-state index contributed by atoms with van der Waals surface area (Å²) in [6, 6.07) is 9.58. The summed E-state index contributed by atoms with van der Waals surface area (Å²) in [6.07, 6.45) is 1.07. The molecule has 1 aromatic carbocycles. The largest absolute Gasteiger partial charge is 0.300 e. The van der Waals surface area contributed by atoms with Gasteiger partial charge in [0.25, 0.3) is 0 Å². The lowest BCUT2D eigenvalue weighted by molar-refractivity contribution is 0.0651. The van der Waals surface area contributed by atoms with Crippen molar-refractivity contribution in [2.24, 2.45) is 5.41 Å². The van der Waals surface area contributed by atoms with Crippen molar-refractivity contribution < 1.29 is 4.79 Å². The Bertz CT molecular complexity index is 420. The third kappa shape index (κ3) is 3.90.